The van der Waals surface area contributed by atoms with Gasteiger partial charge < -0.3 is 4.74 Å². The molecule has 0 bridgehead atoms. The van der Waals surface area contributed by atoms with Crippen LogP contribution in [0.5, 0.6) is 5.75 Å². The molecule has 0 aliphatic rings. The molecule has 0 saturated heterocycles. The topological polar surface area (TPSA) is 22.1 Å². The molecule has 0 amide bonds. The van der Waals surface area contributed by atoms with Crippen LogP contribution >= 0.6 is 27.5 Å². The summed E-state index contributed by atoms with van der Waals surface area (Å²) in [5.41, 5.74) is 0.211. The normalized spacial score (nSPS) is 10.7. The average Bonchev–Trinajstić information content (AvgIpc) is 2.20. The maximum atomic E-state index is 13.8. The van der Waals surface area contributed by atoms with Crippen LogP contribution in [0, 0.1) is 5.82 Å². The molecule has 1 aromatic heterocycles. The lowest BCUT2D eigenvalue weighted by molar-refractivity contribution is 0.386. The Hall–Kier alpha value is -0.870. The predicted molar refractivity (Wildman–Crippen MR) is 61.0 cm³/mol. The van der Waals surface area contributed by atoms with E-state index in [2.05, 4.69) is 20.9 Å². The molecule has 0 fully saturated rings. The number of halogens is 3. The van der Waals surface area contributed by atoms with Crippen molar-refractivity contribution in [3.8, 4) is 5.75 Å². The van der Waals surface area contributed by atoms with E-state index >= 15 is 0 Å². The van der Waals surface area contributed by atoms with Gasteiger partial charge in [0.25, 0.3) is 0 Å². The first-order valence-corrected chi connectivity index (χ1v) is 5.28. The van der Waals surface area contributed by atoms with Gasteiger partial charge in [0.1, 0.15) is 5.52 Å². The molecule has 0 aliphatic heterocycles. The van der Waals surface area contributed by atoms with Gasteiger partial charge >= 0.3 is 0 Å². The van der Waals surface area contributed by atoms with Gasteiger partial charge in [-0.05, 0) is 28.1 Å². The van der Waals surface area contributed by atoms with E-state index in [1.807, 2.05) is 0 Å². The zero-order valence-electron chi connectivity index (χ0n) is 7.72. The molecule has 0 saturated carbocycles. The summed E-state index contributed by atoms with van der Waals surface area (Å²) >= 11 is 9.14. The van der Waals surface area contributed by atoms with Gasteiger partial charge in [-0.25, -0.2) is 4.39 Å². The Kier molecular flexibility index (Phi) is 2.80. The Bertz CT molecular complexity index is 532. The van der Waals surface area contributed by atoms with Gasteiger partial charge in [-0.2, -0.15) is 0 Å². The molecule has 2 rings (SSSR count). The summed E-state index contributed by atoms with van der Waals surface area (Å²) in [5, 5.41) is 1.02. The number of aromatic nitrogens is 1. The maximum absolute atomic E-state index is 13.8. The first-order valence-electron chi connectivity index (χ1n) is 4.11. The quantitative estimate of drug-likeness (QED) is 0.797. The Morgan fingerprint density at radius 3 is 2.93 bits per heavy atom. The molecule has 0 aliphatic carbocycles. The fraction of sp³-hybridized carbons (Fsp3) is 0.100. The van der Waals surface area contributed by atoms with Crippen molar-refractivity contribution < 1.29 is 9.13 Å². The Balaban J connectivity index is 2.91. The number of rotatable bonds is 1. The first-order chi connectivity index (χ1) is 7.15. The summed E-state index contributed by atoms with van der Waals surface area (Å²) in [5.74, 6) is -0.373. The highest BCUT2D eigenvalue weighted by Gasteiger charge is 2.14. The number of hydrogen-bond acceptors (Lipinski definition) is 2. The van der Waals surface area contributed by atoms with E-state index in [0.29, 0.717) is 14.9 Å². The van der Waals surface area contributed by atoms with Gasteiger partial charge in [-0.3, -0.25) is 4.98 Å². The molecule has 0 atom stereocenters. The molecule has 0 radical (unpaired) electrons. The molecular weight excluding hydrogens is 284 g/mol. The largest absolute Gasteiger partial charge is 0.492 e. The minimum atomic E-state index is -0.510. The van der Waals surface area contributed by atoms with Gasteiger partial charge in [0.2, 0.25) is 0 Å². The van der Waals surface area contributed by atoms with Crippen LogP contribution in [-0.2, 0) is 0 Å². The number of benzene rings is 1. The highest BCUT2D eigenvalue weighted by molar-refractivity contribution is 9.10. The standard InChI is InChI=1S/C10H6BrClFNO/c1-15-10-6(11)4-5-7(12)2-3-14-9(5)8(10)13/h2-4H,1H3. The van der Waals surface area contributed by atoms with E-state index in [9.17, 15) is 4.39 Å². The molecule has 2 aromatic rings. The molecular formula is C10H6BrClFNO. The van der Waals surface area contributed by atoms with Crippen molar-refractivity contribution in [3.63, 3.8) is 0 Å². The van der Waals surface area contributed by atoms with Crippen LogP contribution in [0.4, 0.5) is 4.39 Å². The van der Waals surface area contributed by atoms with Gasteiger partial charge in [-0.1, -0.05) is 11.6 Å². The van der Waals surface area contributed by atoms with E-state index in [1.54, 1.807) is 12.1 Å². The van der Waals surface area contributed by atoms with Gasteiger partial charge in [0.15, 0.2) is 11.6 Å². The van der Waals surface area contributed by atoms with Gasteiger partial charge in [-0.15, -0.1) is 0 Å². The second-order valence-electron chi connectivity index (χ2n) is 2.89. The van der Waals surface area contributed by atoms with Crippen LogP contribution in [0.2, 0.25) is 5.02 Å². The van der Waals surface area contributed by atoms with E-state index in [0.717, 1.165) is 0 Å². The summed E-state index contributed by atoms with van der Waals surface area (Å²) in [6.07, 6.45) is 1.46. The van der Waals surface area contributed by atoms with Crippen molar-refractivity contribution in [2.75, 3.05) is 7.11 Å². The zero-order chi connectivity index (χ0) is 11.0. The zero-order valence-corrected chi connectivity index (χ0v) is 10.1. The SMILES string of the molecule is COc1c(Br)cc2c(Cl)ccnc2c1F. The van der Waals surface area contributed by atoms with E-state index in [1.165, 1.54) is 13.3 Å². The average molecular weight is 291 g/mol. The van der Waals surface area contributed by atoms with Crippen molar-refractivity contribution >= 4 is 38.4 Å². The number of nitrogens with zero attached hydrogens (tertiary/aromatic N) is 1. The minimum Gasteiger partial charge on any atom is -0.492 e. The summed E-state index contributed by atoms with van der Waals surface area (Å²) in [4.78, 5) is 3.93. The lowest BCUT2D eigenvalue weighted by Gasteiger charge is -2.07. The molecule has 1 heterocycles. The highest BCUT2D eigenvalue weighted by atomic mass is 79.9. The number of hydrogen-bond donors (Lipinski definition) is 0. The van der Waals surface area contributed by atoms with Crippen LogP contribution in [0.3, 0.4) is 0 Å². The third kappa shape index (κ3) is 1.68. The molecule has 1 aromatic carbocycles. The van der Waals surface area contributed by atoms with Crippen molar-refractivity contribution in [1.82, 2.24) is 4.98 Å². The molecule has 78 valence electrons. The second kappa shape index (κ2) is 3.94. The number of fused-ring (bicyclic) bond motifs is 1. The third-order valence-corrected chi connectivity index (χ3v) is 2.95. The van der Waals surface area contributed by atoms with Crippen LogP contribution in [0.25, 0.3) is 10.9 Å². The Morgan fingerprint density at radius 1 is 1.53 bits per heavy atom. The number of pyridine rings is 1. The Morgan fingerprint density at radius 2 is 2.27 bits per heavy atom. The van der Waals surface area contributed by atoms with Crippen LogP contribution < -0.4 is 4.74 Å². The lowest BCUT2D eigenvalue weighted by Crippen LogP contribution is -1.93. The van der Waals surface area contributed by atoms with Crippen LogP contribution in [-0.4, -0.2) is 12.1 Å². The van der Waals surface area contributed by atoms with E-state index < -0.39 is 5.82 Å². The molecule has 5 heteroatoms. The summed E-state index contributed by atoms with van der Waals surface area (Å²) < 4.78 is 19.3. The van der Waals surface area contributed by atoms with E-state index in [-0.39, 0.29) is 11.3 Å². The molecule has 15 heavy (non-hydrogen) atoms. The number of ether oxygens (including phenoxy) is 1. The third-order valence-electron chi connectivity index (χ3n) is 2.04. The number of methoxy groups -OCH3 is 1. The predicted octanol–water partition coefficient (Wildman–Crippen LogP) is 3.80. The van der Waals surface area contributed by atoms with Crippen molar-refractivity contribution in [1.29, 1.82) is 0 Å². The van der Waals surface area contributed by atoms with Crippen molar-refractivity contribution in [2.24, 2.45) is 0 Å². The minimum absolute atomic E-state index is 0.136. The smallest absolute Gasteiger partial charge is 0.192 e. The van der Waals surface area contributed by atoms with Crippen molar-refractivity contribution in [2.45, 2.75) is 0 Å². The first kappa shape index (κ1) is 10.6. The maximum Gasteiger partial charge on any atom is 0.192 e. The second-order valence-corrected chi connectivity index (χ2v) is 4.16. The van der Waals surface area contributed by atoms with E-state index in [4.69, 9.17) is 16.3 Å². The molecule has 0 spiro atoms. The van der Waals surface area contributed by atoms with Crippen molar-refractivity contribution in [3.05, 3.63) is 33.6 Å². The highest BCUT2D eigenvalue weighted by Crippen LogP contribution is 2.35. The lowest BCUT2D eigenvalue weighted by atomic mass is 10.2. The fourth-order valence-electron chi connectivity index (χ4n) is 1.35. The summed E-state index contributed by atoms with van der Waals surface area (Å²) in [7, 11) is 1.40. The monoisotopic (exact) mass is 289 g/mol. The molecule has 2 nitrogen and oxygen atoms in total. The summed E-state index contributed by atoms with van der Waals surface area (Å²) in [6.45, 7) is 0. The van der Waals surface area contributed by atoms with Crippen LogP contribution in [0.15, 0.2) is 22.8 Å². The summed E-state index contributed by atoms with van der Waals surface area (Å²) in [6, 6.07) is 3.30. The van der Waals surface area contributed by atoms with Crippen LogP contribution in [0.1, 0.15) is 0 Å². The van der Waals surface area contributed by atoms with Gasteiger partial charge in [0, 0.05) is 11.6 Å². The molecule has 0 unspecified atom stereocenters. The Labute approximate surface area is 99.1 Å². The fourth-order valence-corrected chi connectivity index (χ4v) is 2.12. The van der Waals surface area contributed by atoms with Gasteiger partial charge in [0.05, 0.1) is 16.6 Å². The molecule has 0 N–H and O–H groups in total.